The maximum Gasteiger partial charge on any atom is 0.257 e. The largest absolute Gasteiger partial charge is 0.484 e. The van der Waals surface area contributed by atoms with Crippen LogP contribution in [0.15, 0.2) is 29.2 Å². The lowest BCUT2D eigenvalue weighted by molar-refractivity contribution is -0.123. The smallest absolute Gasteiger partial charge is 0.257 e. The number of carbonyl (C=O) groups excluding carboxylic acids is 1. The molecule has 0 saturated heterocycles. The first kappa shape index (κ1) is 19.4. The van der Waals surface area contributed by atoms with Crippen LogP contribution in [-0.4, -0.2) is 34.0 Å². The predicted molar refractivity (Wildman–Crippen MR) is 89.9 cm³/mol. The van der Waals surface area contributed by atoms with Gasteiger partial charge in [-0.3, -0.25) is 4.79 Å². The zero-order valence-electron chi connectivity index (χ0n) is 14.2. The summed E-state index contributed by atoms with van der Waals surface area (Å²) in [5.41, 5.74) is 0.0111. The Bertz CT molecular complexity index is 604. The summed E-state index contributed by atoms with van der Waals surface area (Å²) in [7, 11) is -3.48. The van der Waals surface area contributed by atoms with Crippen molar-refractivity contribution in [1.82, 2.24) is 10.0 Å². The Morgan fingerprint density at radius 3 is 2.30 bits per heavy atom. The number of hydrogen-bond acceptors (Lipinski definition) is 4. The van der Waals surface area contributed by atoms with Gasteiger partial charge in [0.25, 0.3) is 5.91 Å². The fourth-order valence-corrected chi connectivity index (χ4v) is 2.73. The Labute approximate surface area is 138 Å². The topological polar surface area (TPSA) is 84.5 Å². The van der Waals surface area contributed by atoms with Gasteiger partial charge in [0.1, 0.15) is 5.75 Å². The second-order valence-corrected chi connectivity index (χ2v) is 8.26. The molecule has 0 saturated carbocycles. The minimum atomic E-state index is -3.48. The van der Waals surface area contributed by atoms with Crippen LogP contribution in [-0.2, 0) is 14.8 Å². The molecule has 130 valence electrons. The molecule has 0 radical (unpaired) electrons. The van der Waals surface area contributed by atoms with E-state index in [0.717, 1.165) is 6.42 Å². The first-order valence-corrected chi connectivity index (χ1v) is 9.11. The van der Waals surface area contributed by atoms with Crippen LogP contribution in [0.4, 0.5) is 0 Å². The molecule has 0 atom stereocenters. The quantitative estimate of drug-likeness (QED) is 0.756. The summed E-state index contributed by atoms with van der Waals surface area (Å²) in [5.74, 6) is 0.242. The maximum absolute atomic E-state index is 11.9. The summed E-state index contributed by atoms with van der Waals surface area (Å²) in [4.78, 5) is 11.8. The summed E-state index contributed by atoms with van der Waals surface area (Å²) in [5, 5.41) is 2.78. The third kappa shape index (κ3) is 7.47. The first-order chi connectivity index (χ1) is 10.6. The van der Waals surface area contributed by atoms with Crippen molar-refractivity contribution in [2.45, 2.75) is 39.0 Å². The molecule has 7 heteroatoms. The molecule has 1 rings (SSSR count). The molecule has 0 fully saturated rings. The number of carbonyl (C=O) groups is 1. The van der Waals surface area contributed by atoms with E-state index in [4.69, 9.17) is 4.74 Å². The zero-order chi connectivity index (χ0) is 17.5. The van der Waals surface area contributed by atoms with Crippen LogP contribution in [0.25, 0.3) is 0 Å². The van der Waals surface area contributed by atoms with Crippen LogP contribution < -0.4 is 14.8 Å². The monoisotopic (exact) mass is 342 g/mol. The van der Waals surface area contributed by atoms with Gasteiger partial charge < -0.3 is 10.1 Å². The lowest BCUT2D eigenvalue weighted by Crippen LogP contribution is -2.35. The van der Waals surface area contributed by atoms with Crippen molar-refractivity contribution in [3.63, 3.8) is 0 Å². The predicted octanol–water partition coefficient (Wildman–Crippen LogP) is 1.92. The molecule has 0 aliphatic heterocycles. The molecule has 0 spiro atoms. The molecule has 0 aromatic heterocycles. The Hall–Kier alpha value is -1.60. The van der Waals surface area contributed by atoms with Crippen molar-refractivity contribution in [3.8, 4) is 5.75 Å². The molecule has 0 heterocycles. The van der Waals surface area contributed by atoms with Crippen LogP contribution in [0.3, 0.4) is 0 Å². The van der Waals surface area contributed by atoms with Gasteiger partial charge in [0, 0.05) is 13.1 Å². The second-order valence-electron chi connectivity index (χ2n) is 6.50. The lowest BCUT2D eigenvalue weighted by Gasteiger charge is -2.18. The summed E-state index contributed by atoms with van der Waals surface area (Å²) in [6.07, 6.45) is 0.726. The first-order valence-electron chi connectivity index (χ1n) is 7.63. The van der Waals surface area contributed by atoms with Crippen LogP contribution in [0, 0.1) is 5.41 Å². The third-order valence-corrected chi connectivity index (χ3v) is 4.34. The van der Waals surface area contributed by atoms with Gasteiger partial charge >= 0.3 is 0 Å². The maximum atomic E-state index is 11.9. The highest BCUT2D eigenvalue weighted by molar-refractivity contribution is 7.89. The average molecular weight is 342 g/mol. The highest BCUT2D eigenvalue weighted by Gasteiger charge is 2.14. The molecular weight excluding hydrogens is 316 g/mol. The normalized spacial score (nSPS) is 12.0. The van der Waals surface area contributed by atoms with Gasteiger partial charge in [0.15, 0.2) is 6.61 Å². The van der Waals surface area contributed by atoms with E-state index in [-0.39, 0.29) is 22.8 Å². The summed E-state index contributed by atoms with van der Waals surface area (Å²) in [6.45, 7) is 8.84. The molecule has 0 bridgehead atoms. The summed E-state index contributed by atoms with van der Waals surface area (Å²) < 4.78 is 31.7. The second kappa shape index (κ2) is 8.31. The molecule has 0 aliphatic rings. The number of amides is 1. The van der Waals surface area contributed by atoms with Crippen molar-refractivity contribution in [1.29, 1.82) is 0 Å². The minimum absolute atomic E-state index is 0.0111. The molecule has 1 aromatic rings. The number of benzene rings is 1. The molecule has 1 amide bonds. The lowest BCUT2D eigenvalue weighted by atomic mass is 9.97. The van der Waals surface area contributed by atoms with Crippen molar-refractivity contribution >= 4 is 15.9 Å². The van der Waals surface area contributed by atoms with E-state index in [1.807, 2.05) is 27.7 Å². The summed E-state index contributed by atoms with van der Waals surface area (Å²) in [6, 6.07) is 6.00. The standard InChI is InChI=1S/C16H26N2O4S/c1-5-10-18-23(20,21)14-8-6-13(7-9-14)22-11-15(19)17-12-16(2,3)4/h6-9,18H,5,10-12H2,1-4H3,(H,17,19). The Kier molecular flexibility index (Phi) is 7.02. The molecule has 0 aliphatic carbocycles. The van der Waals surface area contributed by atoms with Gasteiger partial charge in [-0.05, 0) is 36.1 Å². The van der Waals surface area contributed by atoms with E-state index < -0.39 is 10.0 Å². The fourth-order valence-electron chi connectivity index (χ4n) is 1.60. The van der Waals surface area contributed by atoms with Crippen LogP contribution in [0.5, 0.6) is 5.75 Å². The van der Waals surface area contributed by atoms with Crippen LogP contribution in [0.1, 0.15) is 34.1 Å². The van der Waals surface area contributed by atoms with E-state index in [1.165, 1.54) is 24.3 Å². The molecule has 6 nitrogen and oxygen atoms in total. The highest BCUT2D eigenvalue weighted by atomic mass is 32.2. The molecular formula is C16H26N2O4S. The number of hydrogen-bond donors (Lipinski definition) is 2. The Morgan fingerprint density at radius 2 is 1.78 bits per heavy atom. The Morgan fingerprint density at radius 1 is 1.17 bits per heavy atom. The average Bonchev–Trinajstić information content (AvgIpc) is 2.48. The van der Waals surface area contributed by atoms with Gasteiger partial charge in [-0.15, -0.1) is 0 Å². The van der Waals surface area contributed by atoms with E-state index in [9.17, 15) is 13.2 Å². The number of nitrogens with one attached hydrogen (secondary N) is 2. The molecule has 23 heavy (non-hydrogen) atoms. The van der Waals surface area contributed by atoms with E-state index in [2.05, 4.69) is 10.0 Å². The summed E-state index contributed by atoms with van der Waals surface area (Å²) >= 11 is 0. The van der Waals surface area contributed by atoms with Crippen LogP contribution in [0.2, 0.25) is 0 Å². The van der Waals surface area contributed by atoms with E-state index >= 15 is 0 Å². The van der Waals surface area contributed by atoms with E-state index in [1.54, 1.807) is 0 Å². The van der Waals surface area contributed by atoms with Crippen molar-refractivity contribution < 1.29 is 17.9 Å². The highest BCUT2D eigenvalue weighted by Crippen LogP contribution is 2.16. The number of sulfonamides is 1. The van der Waals surface area contributed by atoms with Gasteiger partial charge in [0.2, 0.25) is 10.0 Å². The van der Waals surface area contributed by atoms with Gasteiger partial charge in [-0.1, -0.05) is 27.7 Å². The zero-order valence-corrected chi connectivity index (χ0v) is 15.0. The molecule has 1 aromatic carbocycles. The van der Waals surface area contributed by atoms with Crippen molar-refractivity contribution in [3.05, 3.63) is 24.3 Å². The SMILES string of the molecule is CCCNS(=O)(=O)c1ccc(OCC(=O)NCC(C)(C)C)cc1. The Balaban J connectivity index is 2.53. The number of rotatable bonds is 8. The molecule has 2 N–H and O–H groups in total. The van der Waals surface area contributed by atoms with E-state index in [0.29, 0.717) is 18.8 Å². The minimum Gasteiger partial charge on any atom is -0.484 e. The van der Waals surface area contributed by atoms with Gasteiger partial charge in [0.05, 0.1) is 4.90 Å². The fraction of sp³-hybridized carbons (Fsp3) is 0.562. The van der Waals surface area contributed by atoms with Crippen molar-refractivity contribution in [2.24, 2.45) is 5.41 Å². The molecule has 0 unspecified atom stereocenters. The van der Waals surface area contributed by atoms with Crippen molar-refractivity contribution in [2.75, 3.05) is 19.7 Å². The third-order valence-electron chi connectivity index (χ3n) is 2.86. The van der Waals surface area contributed by atoms with Crippen LogP contribution >= 0.6 is 0 Å². The number of ether oxygens (including phenoxy) is 1. The van der Waals surface area contributed by atoms with Gasteiger partial charge in [-0.25, -0.2) is 13.1 Å². The van der Waals surface area contributed by atoms with Gasteiger partial charge in [-0.2, -0.15) is 0 Å².